The van der Waals surface area contributed by atoms with Crippen LogP contribution in [0.3, 0.4) is 0 Å². The number of hydrogen-bond acceptors (Lipinski definition) is 3. The molecule has 2 amide bonds. The Bertz CT molecular complexity index is 540. The van der Waals surface area contributed by atoms with E-state index in [1.807, 2.05) is 6.92 Å². The normalized spacial score (nSPS) is 15.8. The maximum atomic E-state index is 12.4. The molecule has 0 saturated carbocycles. The van der Waals surface area contributed by atoms with Crippen LogP contribution in [0.2, 0.25) is 5.02 Å². The maximum absolute atomic E-state index is 12.4. The Morgan fingerprint density at radius 3 is 2.62 bits per heavy atom. The van der Waals surface area contributed by atoms with Gasteiger partial charge in [-0.3, -0.25) is 9.59 Å². The highest BCUT2D eigenvalue weighted by Crippen LogP contribution is 2.24. The second-order valence-electron chi connectivity index (χ2n) is 5.20. The number of benzene rings is 1. The van der Waals surface area contributed by atoms with E-state index in [1.54, 1.807) is 23.1 Å². The van der Waals surface area contributed by atoms with Crippen molar-refractivity contribution in [3.8, 4) is 0 Å². The number of nitrogen functional groups attached to an aromatic ring is 1. The Morgan fingerprint density at radius 2 is 2.05 bits per heavy atom. The van der Waals surface area contributed by atoms with Gasteiger partial charge in [0, 0.05) is 31.2 Å². The van der Waals surface area contributed by atoms with Gasteiger partial charge in [0.2, 0.25) is 5.91 Å². The lowest BCUT2D eigenvalue weighted by atomic mass is 9.95. The summed E-state index contributed by atoms with van der Waals surface area (Å²) in [5.74, 6) is -0.0274. The van der Waals surface area contributed by atoms with Crippen LogP contribution in [0.25, 0.3) is 0 Å². The number of nitrogens with zero attached hydrogens (tertiary/aromatic N) is 1. The molecule has 0 bridgehead atoms. The van der Waals surface area contributed by atoms with E-state index in [0.717, 1.165) is 0 Å². The van der Waals surface area contributed by atoms with E-state index < -0.39 is 0 Å². The van der Waals surface area contributed by atoms with Gasteiger partial charge in [-0.25, -0.2) is 0 Å². The van der Waals surface area contributed by atoms with Crippen LogP contribution in [0.15, 0.2) is 18.2 Å². The van der Waals surface area contributed by atoms with Crippen molar-refractivity contribution < 1.29 is 9.59 Å². The molecule has 2 rings (SSSR count). The van der Waals surface area contributed by atoms with E-state index in [0.29, 0.717) is 48.7 Å². The fraction of sp³-hybridized carbons (Fsp3) is 0.467. The molecule has 3 N–H and O–H groups in total. The van der Waals surface area contributed by atoms with Gasteiger partial charge < -0.3 is 16.0 Å². The van der Waals surface area contributed by atoms with Gasteiger partial charge in [-0.2, -0.15) is 0 Å². The Morgan fingerprint density at radius 1 is 1.38 bits per heavy atom. The summed E-state index contributed by atoms with van der Waals surface area (Å²) in [7, 11) is 0. The smallest absolute Gasteiger partial charge is 0.255 e. The van der Waals surface area contributed by atoms with Gasteiger partial charge >= 0.3 is 0 Å². The summed E-state index contributed by atoms with van der Waals surface area (Å²) in [6.45, 7) is 3.68. The molecule has 6 heteroatoms. The monoisotopic (exact) mass is 309 g/mol. The second kappa shape index (κ2) is 6.80. The molecule has 21 heavy (non-hydrogen) atoms. The lowest BCUT2D eigenvalue weighted by Crippen LogP contribution is -2.43. The third-order valence-electron chi connectivity index (χ3n) is 3.73. The minimum Gasteiger partial charge on any atom is -0.399 e. The number of carbonyl (C=O) groups is 2. The summed E-state index contributed by atoms with van der Waals surface area (Å²) in [6, 6.07) is 4.90. The standard InChI is InChI=1S/C15H20ClN3O2/c1-2-18-14(20)10-5-7-19(8-6-10)15(21)12-4-3-11(17)9-13(12)16/h3-4,9-10H,2,5-8,17H2,1H3,(H,18,20). The van der Waals surface area contributed by atoms with Crippen molar-refractivity contribution in [1.29, 1.82) is 0 Å². The summed E-state index contributed by atoms with van der Waals surface area (Å²) in [6.07, 6.45) is 1.37. The van der Waals surface area contributed by atoms with E-state index in [-0.39, 0.29) is 17.7 Å². The number of anilines is 1. The van der Waals surface area contributed by atoms with Crippen molar-refractivity contribution in [3.05, 3.63) is 28.8 Å². The lowest BCUT2D eigenvalue weighted by Gasteiger charge is -2.31. The molecule has 5 nitrogen and oxygen atoms in total. The third kappa shape index (κ3) is 3.67. The molecule has 1 aliphatic heterocycles. The summed E-state index contributed by atoms with van der Waals surface area (Å²) in [5.41, 5.74) is 6.63. The van der Waals surface area contributed by atoms with Crippen molar-refractivity contribution in [2.45, 2.75) is 19.8 Å². The molecule has 0 aliphatic carbocycles. The quantitative estimate of drug-likeness (QED) is 0.838. The van der Waals surface area contributed by atoms with E-state index in [1.165, 1.54) is 0 Å². The number of hydrogen-bond donors (Lipinski definition) is 2. The van der Waals surface area contributed by atoms with E-state index >= 15 is 0 Å². The molecular weight excluding hydrogens is 290 g/mol. The number of amides is 2. The first-order valence-corrected chi connectivity index (χ1v) is 7.52. The minimum absolute atomic E-state index is 0.00381. The average molecular weight is 310 g/mol. The molecule has 1 aromatic rings. The second-order valence-corrected chi connectivity index (χ2v) is 5.61. The predicted octanol–water partition coefficient (Wildman–Crippen LogP) is 1.91. The summed E-state index contributed by atoms with van der Waals surface area (Å²) >= 11 is 6.07. The number of likely N-dealkylation sites (tertiary alicyclic amines) is 1. The highest BCUT2D eigenvalue weighted by molar-refractivity contribution is 6.34. The number of rotatable bonds is 3. The molecule has 1 aliphatic rings. The number of nitrogens with one attached hydrogen (secondary N) is 1. The van der Waals surface area contributed by atoms with Crippen LogP contribution in [0.1, 0.15) is 30.1 Å². The molecule has 1 heterocycles. The van der Waals surface area contributed by atoms with E-state index in [4.69, 9.17) is 17.3 Å². The Labute approximate surface area is 129 Å². The first-order chi connectivity index (χ1) is 10.0. The summed E-state index contributed by atoms with van der Waals surface area (Å²) in [5, 5.41) is 3.20. The van der Waals surface area contributed by atoms with Gasteiger partial charge in [0.05, 0.1) is 10.6 Å². The number of carbonyl (C=O) groups excluding carboxylic acids is 2. The van der Waals surface area contributed by atoms with Gasteiger partial charge in [0.15, 0.2) is 0 Å². The SMILES string of the molecule is CCNC(=O)C1CCN(C(=O)c2ccc(N)cc2Cl)CC1. The van der Waals surface area contributed by atoms with Crippen molar-refractivity contribution in [1.82, 2.24) is 10.2 Å². The van der Waals surface area contributed by atoms with Crippen LogP contribution in [0, 0.1) is 5.92 Å². The molecule has 0 unspecified atom stereocenters. The Hall–Kier alpha value is -1.75. The van der Waals surface area contributed by atoms with Crippen molar-refractivity contribution in [2.24, 2.45) is 5.92 Å². The maximum Gasteiger partial charge on any atom is 0.255 e. The van der Waals surface area contributed by atoms with Crippen LogP contribution in [-0.4, -0.2) is 36.3 Å². The van der Waals surface area contributed by atoms with Crippen LogP contribution in [0.5, 0.6) is 0 Å². The Kier molecular flexibility index (Phi) is 5.07. The summed E-state index contributed by atoms with van der Waals surface area (Å²) < 4.78 is 0. The highest BCUT2D eigenvalue weighted by Gasteiger charge is 2.28. The topological polar surface area (TPSA) is 75.4 Å². The molecule has 1 aromatic carbocycles. The van der Waals surface area contributed by atoms with Crippen molar-refractivity contribution in [3.63, 3.8) is 0 Å². The van der Waals surface area contributed by atoms with Crippen molar-refractivity contribution in [2.75, 3.05) is 25.4 Å². The highest BCUT2D eigenvalue weighted by atomic mass is 35.5. The van der Waals surface area contributed by atoms with Gasteiger partial charge in [0.1, 0.15) is 0 Å². The van der Waals surface area contributed by atoms with Crippen LogP contribution >= 0.6 is 11.6 Å². The molecule has 0 aromatic heterocycles. The zero-order valence-electron chi connectivity index (χ0n) is 12.1. The minimum atomic E-state index is -0.102. The van der Waals surface area contributed by atoms with E-state index in [9.17, 15) is 9.59 Å². The average Bonchev–Trinajstić information content (AvgIpc) is 2.47. The van der Waals surface area contributed by atoms with Gasteiger partial charge in [-0.15, -0.1) is 0 Å². The lowest BCUT2D eigenvalue weighted by molar-refractivity contribution is -0.126. The first-order valence-electron chi connectivity index (χ1n) is 7.15. The van der Waals surface area contributed by atoms with Crippen molar-refractivity contribution >= 4 is 29.1 Å². The Balaban J connectivity index is 1.98. The fourth-order valence-corrected chi connectivity index (χ4v) is 2.81. The molecule has 0 spiro atoms. The van der Waals surface area contributed by atoms with Crippen LogP contribution in [-0.2, 0) is 4.79 Å². The largest absolute Gasteiger partial charge is 0.399 e. The number of piperidine rings is 1. The molecule has 1 fully saturated rings. The van der Waals surface area contributed by atoms with Gasteiger partial charge in [-0.05, 0) is 38.0 Å². The molecule has 114 valence electrons. The zero-order chi connectivity index (χ0) is 15.4. The molecule has 1 saturated heterocycles. The van der Waals surface area contributed by atoms with Crippen LogP contribution < -0.4 is 11.1 Å². The number of nitrogens with two attached hydrogens (primary N) is 1. The number of halogens is 1. The zero-order valence-corrected chi connectivity index (χ0v) is 12.8. The molecular formula is C15H20ClN3O2. The van der Waals surface area contributed by atoms with Gasteiger partial charge in [0.25, 0.3) is 5.91 Å². The van der Waals surface area contributed by atoms with Crippen LogP contribution in [0.4, 0.5) is 5.69 Å². The predicted molar refractivity (Wildman–Crippen MR) is 83.2 cm³/mol. The first kappa shape index (κ1) is 15.6. The molecule has 0 atom stereocenters. The van der Waals surface area contributed by atoms with E-state index in [2.05, 4.69) is 5.32 Å². The molecule has 0 radical (unpaired) electrons. The van der Waals surface area contributed by atoms with Gasteiger partial charge in [-0.1, -0.05) is 11.6 Å². The third-order valence-corrected chi connectivity index (χ3v) is 4.04. The fourth-order valence-electron chi connectivity index (χ4n) is 2.54. The summed E-state index contributed by atoms with van der Waals surface area (Å²) in [4.78, 5) is 26.0.